The quantitative estimate of drug-likeness (QED) is 0.487. The lowest BCUT2D eigenvalue weighted by Gasteiger charge is -2.30. The Morgan fingerprint density at radius 3 is 2.17 bits per heavy atom. The van der Waals surface area contributed by atoms with E-state index in [0.717, 1.165) is 23.5 Å². The SMILES string of the molecule is CC(C)[C@H](NC(=O)[C@H](C)N)C(=O)N1CCC[C@H]1c1nc(C(c2ccccc2)c2ccccc2)cs1. The first-order chi connectivity index (χ1) is 16.9. The fourth-order valence-corrected chi connectivity index (χ4v) is 5.67. The summed E-state index contributed by atoms with van der Waals surface area (Å²) in [6, 6.07) is 19.5. The molecule has 1 aromatic heterocycles. The van der Waals surface area contributed by atoms with Gasteiger partial charge in [-0.1, -0.05) is 74.5 Å². The summed E-state index contributed by atoms with van der Waals surface area (Å²) in [6.45, 7) is 6.18. The average molecular weight is 491 g/mol. The Balaban J connectivity index is 1.61. The lowest BCUT2D eigenvalue weighted by Crippen LogP contribution is -2.54. The third kappa shape index (κ3) is 5.63. The van der Waals surface area contributed by atoms with Crippen molar-refractivity contribution >= 4 is 23.2 Å². The number of likely N-dealkylation sites (tertiary alicyclic amines) is 1. The van der Waals surface area contributed by atoms with Gasteiger partial charge in [0.1, 0.15) is 11.0 Å². The van der Waals surface area contributed by atoms with Crippen LogP contribution in [0.2, 0.25) is 0 Å². The molecule has 0 spiro atoms. The normalized spacial score (nSPS) is 17.5. The number of nitrogens with zero attached hydrogens (tertiary/aromatic N) is 2. The minimum atomic E-state index is -0.659. The lowest BCUT2D eigenvalue weighted by atomic mass is 9.89. The minimum Gasteiger partial charge on any atom is -0.343 e. The van der Waals surface area contributed by atoms with Crippen LogP contribution < -0.4 is 11.1 Å². The van der Waals surface area contributed by atoms with Gasteiger partial charge in [0.25, 0.3) is 0 Å². The number of thiazole rings is 1. The number of aromatic nitrogens is 1. The summed E-state index contributed by atoms with van der Waals surface area (Å²) in [6.07, 6.45) is 1.78. The Kier molecular flexibility index (Phi) is 7.98. The number of hydrogen-bond donors (Lipinski definition) is 2. The van der Waals surface area contributed by atoms with E-state index < -0.39 is 12.1 Å². The van der Waals surface area contributed by atoms with Crippen LogP contribution in [0.25, 0.3) is 0 Å². The van der Waals surface area contributed by atoms with Gasteiger partial charge in [0.2, 0.25) is 11.8 Å². The van der Waals surface area contributed by atoms with Gasteiger partial charge in [0.05, 0.1) is 23.7 Å². The zero-order chi connectivity index (χ0) is 24.9. The van der Waals surface area contributed by atoms with Gasteiger partial charge in [0.15, 0.2) is 0 Å². The van der Waals surface area contributed by atoms with Crippen LogP contribution in [0, 0.1) is 5.92 Å². The molecule has 1 aliphatic rings. The molecule has 1 saturated heterocycles. The van der Waals surface area contributed by atoms with Gasteiger partial charge in [-0.15, -0.1) is 11.3 Å². The Morgan fingerprint density at radius 1 is 1.03 bits per heavy atom. The van der Waals surface area contributed by atoms with E-state index in [9.17, 15) is 9.59 Å². The van der Waals surface area contributed by atoms with Crippen LogP contribution in [0.15, 0.2) is 66.0 Å². The molecule has 0 saturated carbocycles. The summed E-state index contributed by atoms with van der Waals surface area (Å²) in [5.74, 6) is -0.380. The van der Waals surface area contributed by atoms with Gasteiger partial charge < -0.3 is 16.0 Å². The highest BCUT2D eigenvalue weighted by Crippen LogP contribution is 2.38. The zero-order valence-corrected chi connectivity index (χ0v) is 21.4. The molecule has 4 rings (SSSR count). The number of amides is 2. The number of hydrogen-bond acceptors (Lipinski definition) is 5. The molecule has 7 heteroatoms. The van der Waals surface area contributed by atoms with Crippen molar-refractivity contribution in [1.82, 2.24) is 15.2 Å². The van der Waals surface area contributed by atoms with Gasteiger partial charge in [0, 0.05) is 11.9 Å². The van der Waals surface area contributed by atoms with Crippen molar-refractivity contribution in [3.05, 3.63) is 87.9 Å². The van der Waals surface area contributed by atoms with Crippen molar-refractivity contribution in [3.8, 4) is 0 Å². The van der Waals surface area contributed by atoms with Crippen molar-refractivity contribution in [2.24, 2.45) is 11.7 Å². The smallest absolute Gasteiger partial charge is 0.246 e. The molecule has 2 aromatic carbocycles. The monoisotopic (exact) mass is 490 g/mol. The fraction of sp³-hybridized carbons (Fsp3) is 0.393. The highest BCUT2D eigenvalue weighted by atomic mass is 32.1. The Bertz CT molecular complexity index is 1090. The summed E-state index contributed by atoms with van der Waals surface area (Å²) in [5.41, 5.74) is 9.11. The molecule has 35 heavy (non-hydrogen) atoms. The van der Waals surface area contributed by atoms with Gasteiger partial charge in [-0.25, -0.2) is 4.98 Å². The molecule has 184 valence electrons. The maximum absolute atomic E-state index is 13.6. The third-order valence-corrected chi connectivity index (χ3v) is 7.53. The molecule has 6 nitrogen and oxygen atoms in total. The molecule has 0 unspecified atom stereocenters. The summed E-state index contributed by atoms with van der Waals surface area (Å²) in [7, 11) is 0. The van der Waals surface area contributed by atoms with Crippen molar-refractivity contribution in [1.29, 1.82) is 0 Å². The Labute approximate surface area is 211 Å². The number of nitrogens with two attached hydrogens (primary N) is 1. The molecule has 0 radical (unpaired) electrons. The molecule has 3 aromatic rings. The van der Waals surface area contributed by atoms with Crippen molar-refractivity contribution in [2.75, 3.05) is 6.54 Å². The van der Waals surface area contributed by atoms with E-state index >= 15 is 0 Å². The molecule has 1 aliphatic heterocycles. The molecule has 1 fully saturated rings. The number of nitrogens with one attached hydrogen (secondary N) is 1. The molecule has 2 amide bonds. The van der Waals surface area contributed by atoms with Crippen LogP contribution in [0.5, 0.6) is 0 Å². The van der Waals surface area contributed by atoms with Gasteiger partial charge in [-0.05, 0) is 36.8 Å². The van der Waals surface area contributed by atoms with Crippen molar-refractivity contribution in [2.45, 2.75) is 57.7 Å². The lowest BCUT2D eigenvalue weighted by molar-refractivity contribution is -0.138. The number of carbonyl (C=O) groups excluding carboxylic acids is 2. The molecule has 0 bridgehead atoms. The number of benzene rings is 2. The maximum atomic E-state index is 13.6. The first-order valence-electron chi connectivity index (χ1n) is 12.3. The van der Waals surface area contributed by atoms with E-state index in [0.29, 0.717) is 6.54 Å². The summed E-state index contributed by atoms with van der Waals surface area (Å²) >= 11 is 1.61. The van der Waals surface area contributed by atoms with Crippen molar-refractivity contribution in [3.63, 3.8) is 0 Å². The second kappa shape index (κ2) is 11.1. The zero-order valence-electron chi connectivity index (χ0n) is 20.6. The van der Waals surface area contributed by atoms with Crippen LogP contribution in [-0.2, 0) is 9.59 Å². The predicted octanol–water partition coefficient (Wildman–Crippen LogP) is 4.47. The highest BCUT2D eigenvalue weighted by molar-refractivity contribution is 7.09. The molecule has 3 N–H and O–H groups in total. The second-order valence-corrected chi connectivity index (χ2v) is 10.5. The standard InChI is InChI=1S/C28H34N4O2S/c1-18(2)25(31-26(33)19(3)29)28(34)32-16-10-15-23(32)27-30-22(17-35-27)24(20-11-6-4-7-12-20)21-13-8-5-9-14-21/h4-9,11-14,17-19,23-25H,10,15-16,29H2,1-3H3,(H,31,33)/t19-,23-,25-/m0/s1. The predicted molar refractivity (Wildman–Crippen MR) is 140 cm³/mol. The Morgan fingerprint density at radius 2 is 1.63 bits per heavy atom. The summed E-state index contributed by atoms with van der Waals surface area (Å²) in [4.78, 5) is 32.8. The van der Waals surface area contributed by atoms with Gasteiger partial charge >= 0.3 is 0 Å². The van der Waals surface area contributed by atoms with E-state index in [4.69, 9.17) is 10.7 Å². The van der Waals surface area contributed by atoms with Crippen LogP contribution in [0.4, 0.5) is 0 Å². The van der Waals surface area contributed by atoms with E-state index in [1.807, 2.05) is 30.9 Å². The summed E-state index contributed by atoms with van der Waals surface area (Å²) < 4.78 is 0. The minimum absolute atomic E-state index is 0.0293. The van der Waals surface area contributed by atoms with E-state index in [1.54, 1.807) is 18.3 Å². The largest absolute Gasteiger partial charge is 0.343 e. The van der Waals surface area contributed by atoms with Gasteiger partial charge in [-0.3, -0.25) is 9.59 Å². The molecule has 0 aliphatic carbocycles. The van der Waals surface area contributed by atoms with E-state index in [1.165, 1.54) is 11.1 Å². The van der Waals surface area contributed by atoms with Crippen LogP contribution >= 0.6 is 11.3 Å². The topological polar surface area (TPSA) is 88.3 Å². The van der Waals surface area contributed by atoms with Gasteiger partial charge in [-0.2, -0.15) is 0 Å². The first-order valence-corrected chi connectivity index (χ1v) is 13.2. The summed E-state index contributed by atoms with van der Waals surface area (Å²) in [5, 5.41) is 5.93. The maximum Gasteiger partial charge on any atom is 0.246 e. The molecule has 3 atom stereocenters. The van der Waals surface area contributed by atoms with Crippen LogP contribution in [0.3, 0.4) is 0 Å². The Hall–Kier alpha value is -3.03. The van der Waals surface area contributed by atoms with E-state index in [2.05, 4.69) is 59.2 Å². The second-order valence-electron chi connectivity index (χ2n) is 9.57. The van der Waals surface area contributed by atoms with Crippen LogP contribution in [-0.4, -0.2) is 40.3 Å². The molecular weight excluding hydrogens is 456 g/mol. The highest BCUT2D eigenvalue weighted by Gasteiger charge is 2.37. The number of carbonyl (C=O) groups is 2. The first kappa shape index (κ1) is 25.1. The molecule has 2 heterocycles. The van der Waals surface area contributed by atoms with E-state index in [-0.39, 0.29) is 29.7 Å². The fourth-order valence-electron chi connectivity index (χ4n) is 4.68. The third-order valence-electron chi connectivity index (χ3n) is 6.57. The molecular formula is C28H34N4O2S. The average Bonchev–Trinajstić information content (AvgIpc) is 3.53. The van der Waals surface area contributed by atoms with Crippen LogP contribution in [0.1, 0.15) is 67.4 Å². The van der Waals surface area contributed by atoms with Crippen molar-refractivity contribution < 1.29 is 9.59 Å². The number of rotatable bonds is 8.